The van der Waals surface area contributed by atoms with Crippen molar-refractivity contribution >= 4 is 5.71 Å². The summed E-state index contributed by atoms with van der Waals surface area (Å²) in [5.41, 5.74) is 2.41. The Morgan fingerprint density at radius 3 is 2.86 bits per heavy atom. The van der Waals surface area contributed by atoms with Gasteiger partial charge < -0.3 is 9.47 Å². The Kier molecular flexibility index (Phi) is 4.93. The van der Waals surface area contributed by atoms with Gasteiger partial charge in [-0.2, -0.15) is 0 Å². The van der Waals surface area contributed by atoms with Crippen molar-refractivity contribution in [1.29, 1.82) is 0 Å². The van der Waals surface area contributed by atoms with Gasteiger partial charge in [0.25, 0.3) is 0 Å². The molecule has 0 radical (unpaired) electrons. The molecule has 0 N–H and O–H groups in total. The van der Waals surface area contributed by atoms with E-state index in [4.69, 9.17) is 9.47 Å². The van der Waals surface area contributed by atoms with Gasteiger partial charge in [0.2, 0.25) is 0 Å². The fraction of sp³-hybridized carbons (Fsp3) is 0.227. The monoisotopic (exact) mass is 376 g/mol. The van der Waals surface area contributed by atoms with Crippen LogP contribution >= 0.6 is 0 Å². The van der Waals surface area contributed by atoms with E-state index < -0.39 is 10.6 Å². The van der Waals surface area contributed by atoms with Gasteiger partial charge in [-0.15, -0.1) is 0 Å². The van der Waals surface area contributed by atoms with Crippen molar-refractivity contribution in [1.82, 2.24) is 0 Å². The van der Waals surface area contributed by atoms with E-state index in [-0.39, 0.29) is 6.42 Å². The summed E-state index contributed by atoms with van der Waals surface area (Å²) in [7, 11) is 0. The minimum atomic E-state index is -1.53. The van der Waals surface area contributed by atoms with Crippen LogP contribution in [0.4, 0.5) is 0 Å². The zero-order chi connectivity index (χ0) is 19.4. The van der Waals surface area contributed by atoms with Crippen molar-refractivity contribution in [3.05, 3.63) is 99.8 Å². The smallest absolute Gasteiger partial charge is 0.386 e. The van der Waals surface area contributed by atoms with E-state index in [1.54, 1.807) is 12.2 Å². The van der Waals surface area contributed by atoms with Crippen molar-refractivity contribution in [3.63, 3.8) is 0 Å². The first kappa shape index (κ1) is 18.0. The molecular formula is C22H20N2O4. The van der Waals surface area contributed by atoms with Crippen LogP contribution in [-0.2, 0) is 17.8 Å². The van der Waals surface area contributed by atoms with E-state index >= 15 is 0 Å². The number of benzene rings is 2. The molecule has 2 heterocycles. The molecule has 0 spiro atoms. The number of ether oxygens (including phenoxy) is 2. The molecule has 142 valence electrons. The highest BCUT2D eigenvalue weighted by Gasteiger charge is 2.43. The van der Waals surface area contributed by atoms with Crippen molar-refractivity contribution in [2.24, 2.45) is 4.99 Å². The molecule has 2 aromatic carbocycles. The largest absolute Gasteiger partial charge is 0.489 e. The molecule has 2 aliphatic rings. The Balaban J connectivity index is 1.50. The summed E-state index contributed by atoms with van der Waals surface area (Å²) in [5, 5.41) is 11.4. The maximum absolute atomic E-state index is 11.4. The van der Waals surface area contributed by atoms with Gasteiger partial charge in [0, 0.05) is 18.2 Å². The van der Waals surface area contributed by atoms with Crippen LogP contribution in [-0.4, -0.2) is 22.9 Å². The first-order valence-electron chi connectivity index (χ1n) is 9.17. The Bertz CT molecular complexity index is 956. The van der Waals surface area contributed by atoms with Crippen LogP contribution in [0.2, 0.25) is 0 Å². The van der Waals surface area contributed by atoms with Gasteiger partial charge >= 0.3 is 5.72 Å². The zero-order valence-corrected chi connectivity index (χ0v) is 15.3. The first-order valence-corrected chi connectivity index (χ1v) is 9.17. The summed E-state index contributed by atoms with van der Waals surface area (Å²) in [6.45, 7) is 1.15. The van der Waals surface area contributed by atoms with E-state index in [0.29, 0.717) is 13.2 Å². The summed E-state index contributed by atoms with van der Waals surface area (Å²) in [6.07, 6.45) is 7.23. The van der Waals surface area contributed by atoms with E-state index in [9.17, 15) is 10.1 Å². The molecule has 4 rings (SSSR count). The Morgan fingerprint density at radius 2 is 2.11 bits per heavy atom. The maximum atomic E-state index is 11.4. The lowest BCUT2D eigenvalue weighted by molar-refractivity contribution is -0.602. The van der Waals surface area contributed by atoms with Crippen LogP contribution in [0, 0.1) is 10.1 Å². The molecule has 0 saturated carbocycles. The molecule has 2 aliphatic heterocycles. The molecule has 0 bridgehead atoms. The van der Waals surface area contributed by atoms with Crippen LogP contribution in [0.1, 0.15) is 23.1 Å². The van der Waals surface area contributed by atoms with Gasteiger partial charge in [-0.05, 0) is 47.9 Å². The second-order valence-electron chi connectivity index (χ2n) is 6.74. The average molecular weight is 376 g/mol. The van der Waals surface area contributed by atoms with Gasteiger partial charge in [0.15, 0.2) is 0 Å². The second kappa shape index (κ2) is 7.68. The first-order chi connectivity index (χ1) is 13.7. The molecule has 0 saturated heterocycles. The highest BCUT2D eigenvalue weighted by molar-refractivity contribution is 6.10. The molecule has 6 nitrogen and oxygen atoms in total. The van der Waals surface area contributed by atoms with Crippen molar-refractivity contribution < 1.29 is 14.4 Å². The number of nitro groups is 1. The average Bonchev–Trinajstić information content (AvgIpc) is 3.22. The van der Waals surface area contributed by atoms with Gasteiger partial charge in [-0.25, -0.2) is 0 Å². The highest BCUT2D eigenvalue weighted by Crippen LogP contribution is 2.28. The lowest BCUT2D eigenvalue weighted by Gasteiger charge is -2.18. The number of hydrogen-bond donors (Lipinski definition) is 0. The van der Waals surface area contributed by atoms with Crippen molar-refractivity contribution in [2.45, 2.75) is 25.2 Å². The van der Waals surface area contributed by atoms with E-state index in [1.165, 1.54) is 12.3 Å². The Labute approximate surface area is 163 Å². The third kappa shape index (κ3) is 3.67. The summed E-state index contributed by atoms with van der Waals surface area (Å²) in [5.74, 6) is 0.804. The van der Waals surface area contributed by atoms with Crippen LogP contribution in [0.25, 0.3) is 0 Å². The van der Waals surface area contributed by atoms with Crippen LogP contribution < -0.4 is 4.74 Å². The molecule has 1 unspecified atom stereocenters. The topological polar surface area (TPSA) is 74.0 Å². The van der Waals surface area contributed by atoms with Crippen LogP contribution in [0.3, 0.4) is 0 Å². The third-order valence-electron chi connectivity index (χ3n) is 4.85. The Morgan fingerprint density at radius 1 is 1.25 bits per heavy atom. The lowest BCUT2D eigenvalue weighted by Crippen LogP contribution is -2.35. The normalized spacial score (nSPS) is 20.5. The fourth-order valence-corrected chi connectivity index (χ4v) is 3.31. The molecule has 0 aromatic heterocycles. The molecule has 28 heavy (non-hydrogen) atoms. The molecule has 2 aromatic rings. The van der Waals surface area contributed by atoms with Crippen molar-refractivity contribution in [2.75, 3.05) is 6.54 Å². The minimum absolute atomic E-state index is 0.211. The van der Waals surface area contributed by atoms with Crippen LogP contribution in [0.5, 0.6) is 5.75 Å². The molecular weight excluding hydrogens is 356 g/mol. The summed E-state index contributed by atoms with van der Waals surface area (Å²) >= 11 is 0. The minimum Gasteiger partial charge on any atom is -0.489 e. The van der Waals surface area contributed by atoms with Gasteiger partial charge in [-0.3, -0.25) is 15.1 Å². The van der Waals surface area contributed by atoms with E-state index in [2.05, 4.69) is 4.99 Å². The summed E-state index contributed by atoms with van der Waals surface area (Å²) in [6, 6.07) is 15.9. The molecule has 6 heteroatoms. The van der Waals surface area contributed by atoms with Gasteiger partial charge in [0.05, 0.1) is 23.3 Å². The second-order valence-corrected chi connectivity index (χ2v) is 6.74. The lowest BCUT2D eigenvalue weighted by atomic mass is 9.96. The predicted octanol–water partition coefficient (Wildman–Crippen LogP) is 4.07. The molecule has 0 aliphatic carbocycles. The number of allylic oxidation sites excluding steroid dienone is 1. The fourth-order valence-electron chi connectivity index (χ4n) is 3.31. The standard InChI is InChI=1S/C22H20N2O4/c25-24(26)22(11-4-14-28-22)12-9-21-20-8-7-19(15-18(20)10-13-23-21)27-16-17-5-2-1-3-6-17/h1-9,12,14-15H,10-11,13,16H2/b12-9+. The number of hydrogen-bond acceptors (Lipinski definition) is 5. The molecule has 0 fully saturated rings. The number of fused-ring (bicyclic) bond motifs is 1. The van der Waals surface area contributed by atoms with E-state index in [0.717, 1.165) is 34.6 Å². The third-order valence-corrected chi connectivity index (χ3v) is 4.85. The Hall–Kier alpha value is -3.41. The number of aliphatic imine (C=N–C) groups is 1. The summed E-state index contributed by atoms with van der Waals surface area (Å²) < 4.78 is 11.1. The highest BCUT2D eigenvalue weighted by atomic mass is 16.7. The molecule has 1 atom stereocenters. The molecule has 0 amide bonds. The van der Waals surface area contributed by atoms with Gasteiger partial charge in [-0.1, -0.05) is 30.3 Å². The summed E-state index contributed by atoms with van der Waals surface area (Å²) in [4.78, 5) is 15.5. The maximum Gasteiger partial charge on any atom is 0.386 e. The zero-order valence-electron chi connectivity index (χ0n) is 15.3. The quantitative estimate of drug-likeness (QED) is 0.563. The SMILES string of the molecule is O=[N+]([O-])C1(/C=C/C2=NCCc3cc(OCc4ccccc4)ccc32)CC=CO1. The van der Waals surface area contributed by atoms with Crippen molar-refractivity contribution in [3.8, 4) is 5.75 Å². The van der Waals surface area contributed by atoms with Gasteiger partial charge in [0.1, 0.15) is 12.4 Å². The van der Waals surface area contributed by atoms with Crippen LogP contribution in [0.15, 0.2) is 78.0 Å². The predicted molar refractivity (Wildman–Crippen MR) is 106 cm³/mol. The van der Waals surface area contributed by atoms with E-state index in [1.807, 2.05) is 48.5 Å². The number of rotatable bonds is 6. The number of nitrogens with zero attached hydrogens (tertiary/aromatic N) is 2.